The van der Waals surface area contributed by atoms with E-state index in [9.17, 15) is 5.11 Å². The first-order valence-corrected chi connectivity index (χ1v) is 6.60. The lowest BCUT2D eigenvalue weighted by Gasteiger charge is -2.23. The topological polar surface area (TPSA) is 51.6 Å². The number of pyridine rings is 1. The molecule has 1 N–H and O–H groups in total. The van der Waals surface area contributed by atoms with Gasteiger partial charge in [0.1, 0.15) is 11.4 Å². The predicted molar refractivity (Wildman–Crippen MR) is 68.6 cm³/mol. The maximum absolute atomic E-state index is 10.2. The summed E-state index contributed by atoms with van der Waals surface area (Å²) in [6.07, 6.45) is 6.43. The molecule has 1 fully saturated rings. The summed E-state index contributed by atoms with van der Waals surface area (Å²) in [7, 11) is 1.59. The zero-order valence-electron chi connectivity index (χ0n) is 10.8. The molecule has 18 heavy (non-hydrogen) atoms. The maximum Gasteiger partial charge on any atom is 0.143 e. The van der Waals surface area contributed by atoms with Crippen LogP contribution in [0.15, 0.2) is 18.3 Å². The van der Waals surface area contributed by atoms with Gasteiger partial charge in [-0.2, -0.15) is 0 Å². The molecule has 2 unspecified atom stereocenters. The number of hydrogen-bond donors (Lipinski definition) is 1. The monoisotopic (exact) mass is 251 g/mol. The van der Waals surface area contributed by atoms with Crippen molar-refractivity contribution in [3.63, 3.8) is 0 Å². The minimum atomic E-state index is -0.577. The summed E-state index contributed by atoms with van der Waals surface area (Å²) in [5.41, 5.74) is 0.621. The molecule has 0 aromatic carbocycles. The third-order valence-corrected chi connectivity index (χ3v) is 3.37. The Hall–Kier alpha value is -1.13. The Morgan fingerprint density at radius 2 is 2.44 bits per heavy atom. The summed E-state index contributed by atoms with van der Waals surface area (Å²) in [4.78, 5) is 4.20. The Morgan fingerprint density at radius 1 is 1.56 bits per heavy atom. The molecule has 100 valence electrons. The smallest absolute Gasteiger partial charge is 0.143 e. The lowest BCUT2D eigenvalue weighted by molar-refractivity contribution is 0.00169. The van der Waals surface area contributed by atoms with Gasteiger partial charge < -0.3 is 14.6 Å². The highest BCUT2D eigenvalue weighted by atomic mass is 16.5. The van der Waals surface area contributed by atoms with Crippen molar-refractivity contribution >= 4 is 0 Å². The van der Waals surface area contributed by atoms with Gasteiger partial charge in [-0.05, 0) is 44.2 Å². The SMILES string of the molecule is COc1cccnc1C(O)CCC1CCCCO1. The predicted octanol–water partition coefficient (Wildman–Crippen LogP) is 2.47. The van der Waals surface area contributed by atoms with E-state index in [2.05, 4.69) is 4.98 Å². The van der Waals surface area contributed by atoms with Crippen molar-refractivity contribution in [1.82, 2.24) is 4.98 Å². The van der Waals surface area contributed by atoms with Crippen molar-refractivity contribution in [1.29, 1.82) is 0 Å². The van der Waals surface area contributed by atoms with E-state index in [1.165, 1.54) is 6.42 Å². The third-order valence-electron chi connectivity index (χ3n) is 3.37. The summed E-state index contributed by atoms with van der Waals surface area (Å²) in [6, 6.07) is 3.63. The molecule has 2 rings (SSSR count). The fraction of sp³-hybridized carbons (Fsp3) is 0.643. The van der Waals surface area contributed by atoms with Crippen LogP contribution in [0.3, 0.4) is 0 Å². The van der Waals surface area contributed by atoms with Crippen molar-refractivity contribution < 1.29 is 14.6 Å². The van der Waals surface area contributed by atoms with E-state index in [4.69, 9.17) is 9.47 Å². The van der Waals surface area contributed by atoms with E-state index in [1.54, 1.807) is 19.4 Å². The van der Waals surface area contributed by atoms with Crippen LogP contribution in [0.5, 0.6) is 5.75 Å². The molecule has 1 aliphatic heterocycles. The highest BCUT2D eigenvalue weighted by Crippen LogP contribution is 2.27. The second-order valence-corrected chi connectivity index (χ2v) is 4.67. The number of aliphatic hydroxyl groups is 1. The Kier molecular flexibility index (Phi) is 4.96. The van der Waals surface area contributed by atoms with Gasteiger partial charge in [0.2, 0.25) is 0 Å². The van der Waals surface area contributed by atoms with Crippen molar-refractivity contribution in [2.75, 3.05) is 13.7 Å². The fourth-order valence-corrected chi connectivity index (χ4v) is 2.34. The molecule has 2 atom stereocenters. The van der Waals surface area contributed by atoms with Crippen LogP contribution in [0.4, 0.5) is 0 Å². The third kappa shape index (κ3) is 3.43. The average Bonchev–Trinajstić information content (AvgIpc) is 2.45. The molecule has 0 amide bonds. The number of methoxy groups -OCH3 is 1. The molecule has 1 aromatic heterocycles. The first-order chi connectivity index (χ1) is 8.81. The molecule has 1 aliphatic rings. The normalized spacial score (nSPS) is 21.6. The van der Waals surface area contributed by atoms with Gasteiger partial charge in [-0.3, -0.25) is 4.98 Å². The van der Waals surface area contributed by atoms with Crippen LogP contribution >= 0.6 is 0 Å². The van der Waals surface area contributed by atoms with Crippen molar-refractivity contribution in [2.45, 2.75) is 44.3 Å². The number of hydrogen-bond acceptors (Lipinski definition) is 4. The molecule has 0 bridgehead atoms. The van der Waals surface area contributed by atoms with Gasteiger partial charge in [0.25, 0.3) is 0 Å². The number of rotatable bonds is 5. The Morgan fingerprint density at radius 3 is 3.17 bits per heavy atom. The van der Waals surface area contributed by atoms with Crippen LogP contribution < -0.4 is 4.74 Å². The van der Waals surface area contributed by atoms with Crippen molar-refractivity contribution in [2.24, 2.45) is 0 Å². The fourth-order valence-electron chi connectivity index (χ4n) is 2.34. The first kappa shape index (κ1) is 13.3. The summed E-state index contributed by atoms with van der Waals surface area (Å²) < 4.78 is 10.9. The zero-order valence-corrected chi connectivity index (χ0v) is 10.8. The van der Waals surface area contributed by atoms with E-state index >= 15 is 0 Å². The zero-order chi connectivity index (χ0) is 12.8. The molecule has 0 aliphatic carbocycles. The summed E-state index contributed by atoms with van der Waals surface area (Å²) in [5.74, 6) is 0.648. The number of ether oxygens (including phenoxy) is 2. The second-order valence-electron chi connectivity index (χ2n) is 4.67. The van der Waals surface area contributed by atoms with Crippen LogP contribution in [-0.4, -0.2) is 29.9 Å². The van der Waals surface area contributed by atoms with Crippen LogP contribution in [0, 0.1) is 0 Å². The van der Waals surface area contributed by atoms with E-state index in [0.717, 1.165) is 25.9 Å². The minimum absolute atomic E-state index is 0.295. The van der Waals surface area contributed by atoms with Gasteiger partial charge in [-0.25, -0.2) is 0 Å². The van der Waals surface area contributed by atoms with E-state index < -0.39 is 6.10 Å². The summed E-state index contributed by atoms with van der Waals surface area (Å²) >= 11 is 0. The molecule has 2 heterocycles. The van der Waals surface area contributed by atoms with Crippen LogP contribution in [0.2, 0.25) is 0 Å². The largest absolute Gasteiger partial charge is 0.495 e. The molecule has 0 saturated carbocycles. The van der Waals surface area contributed by atoms with Crippen LogP contribution in [0.25, 0.3) is 0 Å². The minimum Gasteiger partial charge on any atom is -0.495 e. The second kappa shape index (κ2) is 6.71. The lowest BCUT2D eigenvalue weighted by atomic mass is 10.0. The molecule has 0 radical (unpaired) electrons. The van der Waals surface area contributed by atoms with Crippen molar-refractivity contribution in [3.05, 3.63) is 24.0 Å². The Bertz CT molecular complexity index is 364. The van der Waals surface area contributed by atoms with Gasteiger partial charge in [0.15, 0.2) is 0 Å². The summed E-state index contributed by atoms with van der Waals surface area (Å²) in [6.45, 7) is 0.855. The van der Waals surface area contributed by atoms with E-state index in [-0.39, 0.29) is 0 Å². The average molecular weight is 251 g/mol. The number of nitrogens with zero attached hydrogens (tertiary/aromatic N) is 1. The van der Waals surface area contributed by atoms with Crippen molar-refractivity contribution in [3.8, 4) is 5.75 Å². The molecule has 1 saturated heterocycles. The van der Waals surface area contributed by atoms with Crippen LogP contribution in [-0.2, 0) is 4.74 Å². The highest BCUT2D eigenvalue weighted by molar-refractivity contribution is 5.28. The molecule has 0 spiro atoms. The maximum atomic E-state index is 10.2. The standard InChI is InChI=1S/C14H21NO3/c1-17-13-6-4-9-15-14(13)12(16)8-7-11-5-2-3-10-18-11/h4,6,9,11-12,16H,2-3,5,7-8,10H2,1H3. The highest BCUT2D eigenvalue weighted by Gasteiger charge is 2.19. The van der Waals surface area contributed by atoms with Gasteiger partial charge in [-0.1, -0.05) is 0 Å². The summed E-state index contributed by atoms with van der Waals surface area (Å²) in [5, 5.41) is 10.2. The Labute approximate surface area is 108 Å². The molecule has 1 aromatic rings. The number of aliphatic hydroxyl groups excluding tert-OH is 1. The van der Waals surface area contributed by atoms with E-state index in [1.807, 2.05) is 6.07 Å². The van der Waals surface area contributed by atoms with Gasteiger partial charge >= 0.3 is 0 Å². The molecule has 4 heteroatoms. The van der Waals surface area contributed by atoms with Gasteiger partial charge in [0, 0.05) is 12.8 Å². The number of aromatic nitrogens is 1. The van der Waals surface area contributed by atoms with Crippen LogP contribution in [0.1, 0.15) is 43.9 Å². The lowest BCUT2D eigenvalue weighted by Crippen LogP contribution is -2.19. The Balaban J connectivity index is 1.88. The first-order valence-electron chi connectivity index (χ1n) is 6.60. The quantitative estimate of drug-likeness (QED) is 0.873. The molecular weight excluding hydrogens is 230 g/mol. The van der Waals surface area contributed by atoms with E-state index in [0.29, 0.717) is 24.0 Å². The molecule has 4 nitrogen and oxygen atoms in total. The molecular formula is C14H21NO3. The van der Waals surface area contributed by atoms with Gasteiger partial charge in [0.05, 0.1) is 19.3 Å². The van der Waals surface area contributed by atoms with Gasteiger partial charge in [-0.15, -0.1) is 0 Å².